The van der Waals surface area contributed by atoms with Gasteiger partial charge in [0, 0.05) is 0 Å². The molecule has 7 heteroatoms. The summed E-state index contributed by atoms with van der Waals surface area (Å²) in [5.74, 6) is -1.58. The Kier molecular flexibility index (Phi) is 7.70. The summed E-state index contributed by atoms with van der Waals surface area (Å²) in [5, 5.41) is 0. The van der Waals surface area contributed by atoms with Crippen LogP contribution in [0.1, 0.15) is 37.5 Å². The van der Waals surface area contributed by atoms with Crippen molar-refractivity contribution in [2.45, 2.75) is 19.8 Å². The fourth-order valence-corrected chi connectivity index (χ4v) is 3.27. The van der Waals surface area contributed by atoms with Crippen LogP contribution in [0.2, 0.25) is 0 Å². The molecule has 0 aliphatic rings. The van der Waals surface area contributed by atoms with Gasteiger partial charge in [0.2, 0.25) is 0 Å². The Balaban J connectivity index is 1.57. The number of ether oxygens (including phenoxy) is 2. The van der Waals surface area contributed by atoms with Crippen LogP contribution < -0.4 is 10.4 Å². The number of rotatable bonds is 9. The van der Waals surface area contributed by atoms with E-state index >= 15 is 0 Å². The molecule has 0 spiro atoms. The van der Waals surface area contributed by atoms with E-state index in [0.717, 1.165) is 21.4 Å². The van der Waals surface area contributed by atoms with Crippen molar-refractivity contribution in [1.29, 1.82) is 0 Å². The molecular formula is C28H23NO6. The molecule has 0 amide bonds. The normalized spacial score (nSPS) is 10.4. The summed E-state index contributed by atoms with van der Waals surface area (Å²) in [7, 11) is 0. The first kappa shape index (κ1) is 23.5. The van der Waals surface area contributed by atoms with Crippen molar-refractivity contribution in [2.75, 3.05) is 0 Å². The fraction of sp³-hybridized carbons (Fsp3) is 0.107. The van der Waals surface area contributed by atoms with Gasteiger partial charge < -0.3 is 14.3 Å². The van der Waals surface area contributed by atoms with Crippen molar-refractivity contribution < 1.29 is 23.9 Å². The van der Waals surface area contributed by atoms with Gasteiger partial charge >= 0.3 is 11.9 Å². The Morgan fingerprint density at radius 2 is 1.03 bits per heavy atom. The van der Waals surface area contributed by atoms with Gasteiger partial charge in [0.25, 0.3) is 5.56 Å². The van der Waals surface area contributed by atoms with Crippen molar-refractivity contribution >= 4 is 11.9 Å². The molecule has 1 heterocycles. The van der Waals surface area contributed by atoms with Crippen LogP contribution in [-0.4, -0.2) is 16.7 Å². The van der Waals surface area contributed by atoms with Crippen LogP contribution in [-0.2, 0) is 29.3 Å². The van der Waals surface area contributed by atoms with Gasteiger partial charge in [0.15, 0.2) is 5.69 Å². The maximum absolute atomic E-state index is 13.2. The predicted molar refractivity (Wildman–Crippen MR) is 129 cm³/mol. The number of carbonyl (C=O) groups excluding carboxylic acids is 2. The molecule has 0 aliphatic carbocycles. The molecule has 0 fully saturated rings. The highest BCUT2D eigenvalue weighted by atomic mass is 16.7. The SMILES string of the molecule is O=C(OCc1ccccc1)c1ccc(C(=O)OCc2ccccc2)n(OCc2ccccc2)c1=O. The summed E-state index contributed by atoms with van der Waals surface area (Å²) in [5.41, 5.74) is 1.15. The van der Waals surface area contributed by atoms with Crippen molar-refractivity contribution in [3.63, 3.8) is 0 Å². The van der Waals surface area contributed by atoms with Gasteiger partial charge in [0.05, 0.1) is 0 Å². The molecule has 0 bridgehead atoms. The van der Waals surface area contributed by atoms with Gasteiger partial charge in [-0.2, -0.15) is 0 Å². The Hall–Kier alpha value is -4.65. The quantitative estimate of drug-likeness (QED) is 0.342. The molecule has 4 rings (SSSR count). The van der Waals surface area contributed by atoms with Gasteiger partial charge in [0.1, 0.15) is 25.4 Å². The van der Waals surface area contributed by atoms with E-state index in [1.54, 1.807) is 12.1 Å². The zero-order chi connectivity index (χ0) is 24.5. The smallest absolute Gasteiger partial charge is 0.358 e. The number of nitrogens with zero attached hydrogens (tertiary/aromatic N) is 1. The van der Waals surface area contributed by atoms with E-state index in [2.05, 4.69) is 0 Å². The summed E-state index contributed by atoms with van der Waals surface area (Å²) < 4.78 is 11.5. The van der Waals surface area contributed by atoms with E-state index < -0.39 is 17.5 Å². The van der Waals surface area contributed by atoms with E-state index in [9.17, 15) is 14.4 Å². The number of benzene rings is 3. The van der Waals surface area contributed by atoms with Crippen LogP contribution in [0.3, 0.4) is 0 Å². The van der Waals surface area contributed by atoms with Gasteiger partial charge in [-0.1, -0.05) is 91.0 Å². The van der Waals surface area contributed by atoms with E-state index in [0.29, 0.717) is 0 Å². The Morgan fingerprint density at radius 1 is 0.571 bits per heavy atom. The molecule has 35 heavy (non-hydrogen) atoms. The number of carbonyl (C=O) groups is 2. The lowest BCUT2D eigenvalue weighted by molar-refractivity contribution is 0.0336. The first-order chi connectivity index (χ1) is 17.1. The molecule has 0 saturated heterocycles. The second-order valence-electron chi connectivity index (χ2n) is 7.61. The zero-order valence-electron chi connectivity index (χ0n) is 18.8. The average Bonchev–Trinajstić information content (AvgIpc) is 2.91. The number of pyridine rings is 1. The molecule has 0 aliphatic heterocycles. The van der Waals surface area contributed by atoms with Gasteiger partial charge in [-0.3, -0.25) is 4.79 Å². The molecule has 0 atom stereocenters. The van der Waals surface area contributed by atoms with Crippen molar-refractivity contribution in [1.82, 2.24) is 4.73 Å². The second kappa shape index (κ2) is 11.5. The monoisotopic (exact) mass is 469 g/mol. The summed E-state index contributed by atoms with van der Waals surface area (Å²) in [6.45, 7) is 0.0283. The number of hydrogen-bond donors (Lipinski definition) is 0. The summed E-state index contributed by atoms with van der Waals surface area (Å²) in [6.07, 6.45) is 0. The third-order valence-corrected chi connectivity index (χ3v) is 5.10. The molecule has 4 aromatic rings. The van der Waals surface area contributed by atoms with E-state index in [4.69, 9.17) is 14.3 Å². The molecule has 7 nitrogen and oxygen atoms in total. The Morgan fingerprint density at radius 3 is 1.54 bits per heavy atom. The highest BCUT2D eigenvalue weighted by molar-refractivity contribution is 5.91. The standard InChI is InChI=1S/C28H23NO6/c30-26-24(27(31)33-18-21-10-4-1-5-11-21)16-17-25(28(32)34-19-22-12-6-2-7-13-22)29(26)35-20-23-14-8-3-9-15-23/h1-17H,18-20H2. The number of esters is 2. The Bertz CT molecular complexity index is 1330. The molecule has 0 N–H and O–H groups in total. The van der Waals surface area contributed by atoms with E-state index in [-0.39, 0.29) is 31.1 Å². The summed E-state index contributed by atoms with van der Waals surface area (Å²) in [4.78, 5) is 44.3. The molecular weight excluding hydrogens is 446 g/mol. The molecule has 3 aromatic carbocycles. The molecule has 1 aromatic heterocycles. The lowest BCUT2D eigenvalue weighted by atomic mass is 10.2. The van der Waals surface area contributed by atoms with Gasteiger partial charge in [-0.15, -0.1) is 4.73 Å². The molecule has 0 saturated carbocycles. The van der Waals surface area contributed by atoms with E-state index in [1.807, 2.05) is 78.9 Å². The topological polar surface area (TPSA) is 83.8 Å². The first-order valence-electron chi connectivity index (χ1n) is 11.0. The highest BCUT2D eigenvalue weighted by Gasteiger charge is 2.22. The van der Waals surface area contributed by atoms with Crippen LogP contribution in [0, 0.1) is 0 Å². The fourth-order valence-electron chi connectivity index (χ4n) is 3.27. The third-order valence-electron chi connectivity index (χ3n) is 5.10. The summed E-state index contributed by atoms with van der Waals surface area (Å²) >= 11 is 0. The lowest BCUT2D eigenvalue weighted by Crippen LogP contribution is -2.35. The van der Waals surface area contributed by atoms with Crippen molar-refractivity contribution in [3.05, 3.63) is 141 Å². The zero-order valence-corrected chi connectivity index (χ0v) is 18.8. The minimum absolute atomic E-state index is 0.00221. The van der Waals surface area contributed by atoms with Gasteiger partial charge in [-0.05, 0) is 28.8 Å². The van der Waals surface area contributed by atoms with Crippen molar-refractivity contribution in [3.8, 4) is 0 Å². The minimum Gasteiger partial charge on any atom is -0.457 e. The highest BCUT2D eigenvalue weighted by Crippen LogP contribution is 2.09. The Labute approximate surface area is 202 Å². The van der Waals surface area contributed by atoms with Gasteiger partial charge in [-0.25, -0.2) is 9.59 Å². The van der Waals surface area contributed by atoms with Crippen LogP contribution >= 0.6 is 0 Å². The van der Waals surface area contributed by atoms with Crippen LogP contribution in [0.5, 0.6) is 0 Å². The van der Waals surface area contributed by atoms with E-state index in [1.165, 1.54) is 12.1 Å². The number of hydrogen-bond acceptors (Lipinski definition) is 6. The summed E-state index contributed by atoms with van der Waals surface area (Å²) in [6, 6.07) is 30.0. The predicted octanol–water partition coefficient (Wildman–Crippen LogP) is 4.19. The number of aromatic nitrogens is 1. The van der Waals surface area contributed by atoms with Crippen LogP contribution in [0.15, 0.2) is 108 Å². The second-order valence-corrected chi connectivity index (χ2v) is 7.61. The average molecular weight is 469 g/mol. The molecule has 176 valence electrons. The lowest BCUT2D eigenvalue weighted by Gasteiger charge is -2.15. The maximum atomic E-state index is 13.2. The third kappa shape index (κ3) is 6.23. The maximum Gasteiger partial charge on any atom is 0.358 e. The minimum atomic E-state index is -0.819. The van der Waals surface area contributed by atoms with Crippen LogP contribution in [0.4, 0.5) is 0 Å². The molecule has 0 unspecified atom stereocenters. The first-order valence-corrected chi connectivity index (χ1v) is 11.0. The van der Waals surface area contributed by atoms with Crippen molar-refractivity contribution in [2.24, 2.45) is 0 Å². The largest absolute Gasteiger partial charge is 0.457 e. The van der Waals surface area contributed by atoms with Crippen LogP contribution in [0.25, 0.3) is 0 Å². The molecule has 0 radical (unpaired) electrons.